The van der Waals surface area contributed by atoms with Crippen molar-refractivity contribution < 1.29 is 27.4 Å². The molecule has 0 unspecified atom stereocenters. The third-order valence-corrected chi connectivity index (χ3v) is 3.84. The fourth-order valence-corrected chi connectivity index (χ4v) is 2.56. The summed E-state index contributed by atoms with van der Waals surface area (Å²) in [5.74, 6) is -0.676. The van der Waals surface area contributed by atoms with Gasteiger partial charge in [-0.2, -0.15) is 18.7 Å². The zero-order chi connectivity index (χ0) is 21.7. The van der Waals surface area contributed by atoms with Crippen molar-refractivity contribution in [3.63, 3.8) is 0 Å². The minimum absolute atomic E-state index is 0.0272. The SMILES string of the molecule is Cc1nc(Oc2ccccc2F)nc(C)c1NC(=O)Nc1cccc(OC(F)F)c1. The van der Waals surface area contributed by atoms with E-state index in [-0.39, 0.29) is 23.2 Å². The Morgan fingerprint density at radius 3 is 2.37 bits per heavy atom. The number of nitrogens with one attached hydrogen (secondary N) is 2. The van der Waals surface area contributed by atoms with Crippen LogP contribution < -0.4 is 20.1 Å². The van der Waals surface area contributed by atoms with Crippen molar-refractivity contribution in [2.24, 2.45) is 0 Å². The molecule has 0 saturated carbocycles. The van der Waals surface area contributed by atoms with Gasteiger partial charge in [0.2, 0.25) is 0 Å². The Morgan fingerprint density at radius 2 is 1.70 bits per heavy atom. The summed E-state index contributed by atoms with van der Waals surface area (Å²) >= 11 is 0. The summed E-state index contributed by atoms with van der Waals surface area (Å²) in [5.41, 5.74) is 1.35. The van der Waals surface area contributed by atoms with E-state index in [4.69, 9.17) is 4.74 Å². The fraction of sp³-hybridized carbons (Fsp3) is 0.150. The zero-order valence-electron chi connectivity index (χ0n) is 15.9. The van der Waals surface area contributed by atoms with Gasteiger partial charge in [-0.3, -0.25) is 0 Å². The normalized spacial score (nSPS) is 10.6. The average molecular weight is 418 g/mol. The van der Waals surface area contributed by atoms with E-state index < -0.39 is 18.5 Å². The van der Waals surface area contributed by atoms with Gasteiger partial charge < -0.3 is 20.1 Å². The van der Waals surface area contributed by atoms with Crippen LogP contribution in [0.5, 0.6) is 17.5 Å². The van der Waals surface area contributed by atoms with Gasteiger partial charge in [0, 0.05) is 11.8 Å². The second kappa shape index (κ2) is 9.12. The monoisotopic (exact) mass is 418 g/mol. The molecule has 1 heterocycles. The Morgan fingerprint density at radius 1 is 1.00 bits per heavy atom. The maximum absolute atomic E-state index is 13.7. The lowest BCUT2D eigenvalue weighted by Gasteiger charge is -2.13. The highest BCUT2D eigenvalue weighted by molar-refractivity contribution is 6.00. The molecule has 156 valence electrons. The predicted octanol–water partition coefficient (Wildman–Crippen LogP) is 5.27. The second-order valence-corrected chi connectivity index (χ2v) is 6.07. The number of halogens is 3. The average Bonchev–Trinajstić information content (AvgIpc) is 2.66. The van der Waals surface area contributed by atoms with E-state index in [0.717, 1.165) is 0 Å². The van der Waals surface area contributed by atoms with Crippen LogP contribution in [0.2, 0.25) is 0 Å². The van der Waals surface area contributed by atoms with Crippen molar-refractivity contribution >= 4 is 17.4 Å². The van der Waals surface area contributed by atoms with Crippen molar-refractivity contribution in [1.29, 1.82) is 0 Å². The number of amides is 2. The number of alkyl halides is 2. The summed E-state index contributed by atoms with van der Waals surface area (Å²) in [6, 6.07) is 10.7. The molecule has 2 N–H and O–H groups in total. The molecule has 2 amide bonds. The van der Waals surface area contributed by atoms with Crippen molar-refractivity contribution in [1.82, 2.24) is 9.97 Å². The third-order valence-electron chi connectivity index (χ3n) is 3.84. The van der Waals surface area contributed by atoms with Crippen molar-refractivity contribution in [2.45, 2.75) is 20.5 Å². The van der Waals surface area contributed by atoms with E-state index in [1.165, 1.54) is 42.5 Å². The highest BCUT2D eigenvalue weighted by Crippen LogP contribution is 2.25. The van der Waals surface area contributed by atoms with Crippen molar-refractivity contribution in [3.05, 3.63) is 65.7 Å². The lowest BCUT2D eigenvalue weighted by atomic mass is 10.3. The largest absolute Gasteiger partial charge is 0.435 e. The molecular formula is C20H17F3N4O3. The van der Waals surface area contributed by atoms with Gasteiger partial charge in [0.15, 0.2) is 11.6 Å². The summed E-state index contributed by atoms with van der Waals surface area (Å²) in [7, 11) is 0. The van der Waals surface area contributed by atoms with E-state index in [2.05, 4.69) is 25.3 Å². The summed E-state index contributed by atoms with van der Waals surface area (Å²) in [4.78, 5) is 20.6. The van der Waals surface area contributed by atoms with Gasteiger partial charge in [-0.1, -0.05) is 18.2 Å². The van der Waals surface area contributed by atoms with Gasteiger partial charge in [-0.05, 0) is 38.1 Å². The number of hydrogen-bond acceptors (Lipinski definition) is 5. The van der Waals surface area contributed by atoms with Crippen molar-refractivity contribution in [3.8, 4) is 17.5 Å². The van der Waals surface area contributed by atoms with Gasteiger partial charge in [0.05, 0.1) is 17.1 Å². The summed E-state index contributed by atoms with van der Waals surface area (Å²) < 4.78 is 48.0. The highest BCUT2D eigenvalue weighted by atomic mass is 19.3. The van der Waals surface area contributed by atoms with Crippen LogP contribution in [0.25, 0.3) is 0 Å². The Kier molecular flexibility index (Phi) is 6.35. The Balaban J connectivity index is 1.70. The van der Waals surface area contributed by atoms with Crippen LogP contribution in [-0.2, 0) is 0 Å². The molecule has 0 aliphatic heterocycles. The number of urea groups is 1. The molecule has 0 bridgehead atoms. The maximum atomic E-state index is 13.7. The van der Waals surface area contributed by atoms with E-state index >= 15 is 0 Å². The van der Waals surface area contributed by atoms with E-state index in [1.807, 2.05) is 0 Å². The van der Waals surface area contributed by atoms with E-state index in [1.54, 1.807) is 19.9 Å². The summed E-state index contributed by atoms with van der Waals surface area (Å²) in [6.45, 7) is 0.271. The Hall–Kier alpha value is -3.82. The lowest BCUT2D eigenvalue weighted by molar-refractivity contribution is -0.0498. The molecule has 0 atom stereocenters. The first kappa shape index (κ1) is 20.9. The van der Waals surface area contributed by atoms with E-state index in [9.17, 15) is 18.0 Å². The first-order valence-corrected chi connectivity index (χ1v) is 8.72. The number of rotatable bonds is 6. The predicted molar refractivity (Wildman–Crippen MR) is 104 cm³/mol. The minimum Gasteiger partial charge on any atom is -0.435 e. The van der Waals surface area contributed by atoms with Gasteiger partial charge in [0.1, 0.15) is 5.75 Å². The molecule has 0 aliphatic carbocycles. The van der Waals surface area contributed by atoms with Crippen LogP contribution in [0.15, 0.2) is 48.5 Å². The number of ether oxygens (including phenoxy) is 2. The molecule has 2 aromatic carbocycles. The highest BCUT2D eigenvalue weighted by Gasteiger charge is 2.14. The van der Waals surface area contributed by atoms with Gasteiger partial charge >= 0.3 is 18.7 Å². The van der Waals surface area contributed by atoms with Crippen molar-refractivity contribution in [2.75, 3.05) is 10.6 Å². The van der Waals surface area contributed by atoms with Crippen LogP contribution in [0.1, 0.15) is 11.4 Å². The summed E-state index contributed by atoms with van der Waals surface area (Å²) in [5, 5.41) is 5.11. The third kappa shape index (κ3) is 5.37. The van der Waals surface area contributed by atoms with Gasteiger partial charge in [-0.25, -0.2) is 9.18 Å². The molecule has 0 saturated heterocycles. The molecule has 10 heteroatoms. The van der Waals surface area contributed by atoms with Gasteiger partial charge in [0.25, 0.3) is 0 Å². The summed E-state index contributed by atoms with van der Waals surface area (Å²) in [6.07, 6.45) is 0. The number of aryl methyl sites for hydroxylation is 2. The van der Waals surface area contributed by atoms with Crippen LogP contribution in [-0.4, -0.2) is 22.6 Å². The fourth-order valence-electron chi connectivity index (χ4n) is 2.56. The molecule has 3 rings (SSSR count). The Labute approximate surface area is 169 Å². The number of benzene rings is 2. The number of hydrogen-bond donors (Lipinski definition) is 2. The molecule has 0 fully saturated rings. The standard InChI is InChI=1S/C20H17F3N4O3/c1-11-17(12(2)25-20(24-11)30-16-9-4-3-8-15(16)21)27-19(28)26-13-6-5-7-14(10-13)29-18(22)23/h3-10,18H,1-2H3,(H2,26,27,28). The first-order valence-electron chi connectivity index (χ1n) is 8.72. The topological polar surface area (TPSA) is 85.4 Å². The molecule has 0 radical (unpaired) electrons. The molecule has 0 aliphatic rings. The van der Waals surface area contributed by atoms with Gasteiger partial charge in [-0.15, -0.1) is 0 Å². The van der Waals surface area contributed by atoms with Crippen LogP contribution in [0.3, 0.4) is 0 Å². The molecule has 0 spiro atoms. The molecular weight excluding hydrogens is 401 g/mol. The zero-order valence-corrected chi connectivity index (χ0v) is 15.9. The smallest absolute Gasteiger partial charge is 0.387 e. The minimum atomic E-state index is -2.97. The number of carbonyl (C=O) groups is 1. The van der Waals surface area contributed by atoms with Crippen LogP contribution >= 0.6 is 0 Å². The number of aromatic nitrogens is 2. The molecule has 1 aromatic heterocycles. The first-order chi connectivity index (χ1) is 14.3. The quantitative estimate of drug-likeness (QED) is 0.570. The van der Waals surface area contributed by atoms with Crippen LogP contribution in [0, 0.1) is 19.7 Å². The number of para-hydroxylation sites is 1. The van der Waals surface area contributed by atoms with Crippen LogP contribution in [0.4, 0.5) is 29.3 Å². The Bertz CT molecular complexity index is 1040. The lowest BCUT2D eigenvalue weighted by Crippen LogP contribution is -2.21. The maximum Gasteiger partial charge on any atom is 0.387 e. The number of nitrogens with zero attached hydrogens (tertiary/aromatic N) is 2. The molecule has 7 nitrogen and oxygen atoms in total. The number of anilines is 2. The molecule has 30 heavy (non-hydrogen) atoms. The van der Waals surface area contributed by atoms with E-state index in [0.29, 0.717) is 17.1 Å². The molecule has 3 aromatic rings. The number of carbonyl (C=O) groups excluding carboxylic acids is 1. The second-order valence-electron chi connectivity index (χ2n) is 6.07.